The van der Waals surface area contributed by atoms with Gasteiger partial charge in [-0.05, 0) is 32.0 Å². The predicted molar refractivity (Wildman–Crippen MR) is 79.5 cm³/mol. The van der Waals surface area contributed by atoms with Gasteiger partial charge in [0.05, 0.1) is 5.02 Å². The van der Waals surface area contributed by atoms with Crippen molar-refractivity contribution in [3.05, 3.63) is 63.9 Å². The summed E-state index contributed by atoms with van der Waals surface area (Å²) < 4.78 is 19.4. The van der Waals surface area contributed by atoms with Crippen LogP contribution in [0.25, 0.3) is 0 Å². The zero-order chi connectivity index (χ0) is 14.7. The highest BCUT2D eigenvalue weighted by Gasteiger charge is 2.11. The molecule has 0 aliphatic rings. The lowest BCUT2D eigenvalue weighted by Crippen LogP contribution is -2.09. The van der Waals surface area contributed by atoms with Crippen LogP contribution in [-0.4, -0.2) is 0 Å². The minimum Gasteiger partial charge on any atom is -0.488 e. The summed E-state index contributed by atoms with van der Waals surface area (Å²) in [5.74, 6) is 0.289. The van der Waals surface area contributed by atoms with Gasteiger partial charge in [-0.3, -0.25) is 0 Å². The van der Waals surface area contributed by atoms with E-state index in [-0.39, 0.29) is 18.5 Å². The highest BCUT2D eigenvalue weighted by atomic mass is 35.5. The smallest absolute Gasteiger partial charge is 0.131 e. The molecule has 0 amide bonds. The number of benzene rings is 2. The molecule has 106 valence electrons. The van der Waals surface area contributed by atoms with E-state index in [1.54, 1.807) is 12.1 Å². The monoisotopic (exact) mass is 293 g/mol. The summed E-state index contributed by atoms with van der Waals surface area (Å²) in [6.07, 6.45) is 0. The number of aryl methyl sites for hydroxylation is 1. The second-order valence-electron chi connectivity index (χ2n) is 4.82. The SMILES string of the molecule is Cc1ccc(OCc2c(F)cccc2Cl)c(C(C)N)c1. The average molecular weight is 294 g/mol. The van der Waals surface area contributed by atoms with E-state index in [1.807, 2.05) is 32.0 Å². The summed E-state index contributed by atoms with van der Waals surface area (Å²) >= 11 is 5.98. The molecule has 0 saturated heterocycles. The molecule has 4 heteroatoms. The van der Waals surface area contributed by atoms with Gasteiger partial charge in [-0.2, -0.15) is 0 Å². The fourth-order valence-electron chi connectivity index (χ4n) is 1.98. The Bertz CT molecular complexity index is 593. The van der Waals surface area contributed by atoms with Gasteiger partial charge in [-0.15, -0.1) is 0 Å². The molecule has 0 radical (unpaired) electrons. The van der Waals surface area contributed by atoms with Crippen molar-refractivity contribution in [1.29, 1.82) is 0 Å². The van der Waals surface area contributed by atoms with Gasteiger partial charge in [0.25, 0.3) is 0 Å². The molecule has 0 bridgehead atoms. The van der Waals surface area contributed by atoms with Crippen LogP contribution in [0.1, 0.15) is 29.7 Å². The average Bonchev–Trinajstić information content (AvgIpc) is 2.39. The lowest BCUT2D eigenvalue weighted by molar-refractivity contribution is 0.295. The molecule has 2 N–H and O–H groups in total. The van der Waals surface area contributed by atoms with E-state index in [9.17, 15) is 4.39 Å². The molecule has 0 spiro atoms. The Morgan fingerprint density at radius 3 is 2.70 bits per heavy atom. The van der Waals surface area contributed by atoms with E-state index in [4.69, 9.17) is 22.1 Å². The maximum absolute atomic E-state index is 13.7. The number of hydrogen-bond acceptors (Lipinski definition) is 2. The molecule has 2 aromatic carbocycles. The standard InChI is InChI=1S/C16H17ClFNO/c1-10-6-7-16(12(8-10)11(2)19)20-9-13-14(17)4-3-5-15(13)18/h3-8,11H,9,19H2,1-2H3. The van der Waals surface area contributed by atoms with Crippen LogP contribution in [0.15, 0.2) is 36.4 Å². The van der Waals surface area contributed by atoms with Crippen molar-refractivity contribution in [1.82, 2.24) is 0 Å². The van der Waals surface area contributed by atoms with Crippen LogP contribution in [0.4, 0.5) is 4.39 Å². The van der Waals surface area contributed by atoms with Gasteiger partial charge in [0.15, 0.2) is 0 Å². The molecule has 2 rings (SSSR count). The van der Waals surface area contributed by atoms with E-state index in [0.29, 0.717) is 16.3 Å². The Hall–Kier alpha value is -1.58. The number of hydrogen-bond donors (Lipinski definition) is 1. The number of rotatable bonds is 4. The van der Waals surface area contributed by atoms with E-state index in [1.165, 1.54) is 6.07 Å². The Balaban J connectivity index is 2.23. The zero-order valence-electron chi connectivity index (χ0n) is 11.5. The summed E-state index contributed by atoms with van der Waals surface area (Å²) in [6, 6.07) is 10.2. The van der Waals surface area contributed by atoms with E-state index in [0.717, 1.165) is 11.1 Å². The Morgan fingerprint density at radius 1 is 1.30 bits per heavy atom. The molecule has 0 heterocycles. The van der Waals surface area contributed by atoms with Crippen LogP contribution in [0.3, 0.4) is 0 Å². The van der Waals surface area contributed by atoms with Gasteiger partial charge in [-0.25, -0.2) is 4.39 Å². The quantitative estimate of drug-likeness (QED) is 0.907. The lowest BCUT2D eigenvalue weighted by atomic mass is 10.1. The molecule has 20 heavy (non-hydrogen) atoms. The van der Waals surface area contributed by atoms with Crippen molar-refractivity contribution in [2.45, 2.75) is 26.5 Å². The Labute approximate surface area is 123 Å². The van der Waals surface area contributed by atoms with Gasteiger partial charge in [0.2, 0.25) is 0 Å². The maximum atomic E-state index is 13.7. The van der Waals surface area contributed by atoms with Crippen molar-refractivity contribution >= 4 is 11.6 Å². The third-order valence-corrected chi connectivity index (χ3v) is 3.44. The summed E-state index contributed by atoms with van der Waals surface area (Å²) in [5, 5.41) is 0.361. The van der Waals surface area contributed by atoms with Gasteiger partial charge in [-0.1, -0.05) is 35.4 Å². The highest BCUT2D eigenvalue weighted by molar-refractivity contribution is 6.31. The molecule has 2 aromatic rings. The van der Waals surface area contributed by atoms with Crippen LogP contribution in [0.2, 0.25) is 5.02 Å². The minimum atomic E-state index is -0.369. The minimum absolute atomic E-state index is 0.0777. The molecular formula is C16H17ClFNO. The highest BCUT2D eigenvalue weighted by Crippen LogP contribution is 2.27. The summed E-state index contributed by atoms with van der Waals surface area (Å²) in [5.41, 5.74) is 8.29. The van der Waals surface area contributed by atoms with Crippen molar-refractivity contribution in [3.8, 4) is 5.75 Å². The number of nitrogens with two attached hydrogens (primary N) is 1. The van der Waals surface area contributed by atoms with Crippen LogP contribution in [0.5, 0.6) is 5.75 Å². The summed E-state index contributed by atoms with van der Waals surface area (Å²) in [4.78, 5) is 0. The first-order valence-electron chi connectivity index (χ1n) is 6.41. The molecule has 0 fully saturated rings. The van der Waals surface area contributed by atoms with Gasteiger partial charge >= 0.3 is 0 Å². The van der Waals surface area contributed by atoms with Gasteiger partial charge < -0.3 is 10.5 Å². The van der Waals surface area contributed by atoms with Crippen molar-refractivity contribution in [2.24, 2.45) is 5.73 Å². The Kier molecular flexibility index (Phi) is 4.63. The fourth-order valence-corrected chi connectivity index (χ4v) is 2.19. The predicted octanol–water partition coefficient (Wildman–Crippen LogP) is 4.39. The normalized spacial score (nSPS) is 12.2. The van der Waals surface area contributed by atoms with Crippen molar-refractivity contribution < 1.29 is 9.13 Å². The lowest BCUT2D eigenvalue weighted by Gasteiger charge is -2.15. The third kappa shape index (κ3) is 3.30. The summed E-state index contributed by atoms with van der Waals surface area (Å²) in [7, 11) is 0. The third-order valence-electron chi connectivity index (χ3n) is 3.09. The largest absolute Gasteiger partial charge is 0.488 e. The second kappa shape index (κ2) is 6.25. The van der Waals surface area contributed by atoms with Crippen LogP contribution >= 0.6 is 11.6 Å². The maximum Gasteiger partial charge on any atom is 0.131 e. The Morgan fingerprint density at radius 2 is 2.05 bits per heavy atom. The van der Waals surface area contributed by atoms with Crippen LogP contribution in [-0.2, 0) is 6.61 Å². The van der Waals surface area contributed by atoms with Crippen molar-refractivity contribution in [2.75, 3.05) is 0 Å². The first-order valence-corrected chi connectivity index (χ1v) is 6.78. The number of halogens is 2. The van der Waals surface area contributed by atoms with E-state index >= 15 is 0 Å². The van der Waals surface area contributed by atoms with E-state index in [2.05, 4.69) is 0 Å². The van der Waals surface area contributed by atoms with Crippen molar-refractivity contribution in [3.63, 3.8) is 0 Å². The van der Waals surface area contributed by atoms with Crippen LogP contribution in [0, 0.1) is 12.7 Å². The van der Waals surface area contributed by atoms with Gasteiger partial charge in [0, 0.05) is 17.2 Å². The second-order valence-corrected chi connectivity index (χ2v) is 5.23. The summed E-state index contributed by atoms with van der Waals surface area (Å²) in [6.45, 7) is 3.95. The number of ether oxygens (including phenoxy) is 1. The molecule has 0 aliphatic heterocycles. The molecule has 0 aliphatic carbocycles. The fraction of sp³-hybridized carbons (Fsp3) is 0.250. The zero-order valence-corrected chi connectivity index (χ0v) is 12.2. The molecule has 0 aromatic heterocycles. The first-order chi connectivity index (χ1) is 9.49. The van der Waals surface area contributed by atoms with Gasteiger partial charge in [0.1, 0.15) is 18.2 Å². The van der Waals surface area contributed by atoms with Crippen LogP contribution < -0.4 is 10.5 Å². The molecule has 1 unspecified atom stereocenters. The topological polar surface area (TPSA) is 35.2 Å². The molecule has 1 atom stereocenters. The van der Waals surface area contributed by atoms with E-state index < -0.39 is 0 Å². The molecule has 0 saturated carbocycles. The molecular weight excluding hydrogens is 277 g/mol. The molecule has 2 nitrogen and oxygen atoms in total. The first kappa shape index (κ1) is 14.8.